The van der Waals surface area contributed by atoms with E-state index in [1.807, 2.05) is 18.2 Å². The Morgan fingerprint density at radius 1 is 1.37 bits per heavy atom. The van der Waals surface area contributed by atoms with Gasteiger partial charge in [-0.3, -0.25) is 4.79 Å². The Bertz CT molecular complexity index is 490. The van der Waals surface area contributed by atoms with E-state index in [1.165, 1.54) is 0 Å². The molecule has 0 aliphatic carbocycles. The number of hydrogen-bond donors (Lipinski definition) is 1. The Labute approximate surface area is 110 Å². The lowest BCUT2D eigenvalue weighted by molar-refractivity contribution is -0.138. The summed E-state index contributed by atoms with van der Waals surface area (Å²) in [4.78, 5) is 13.0. The van der Waals surface area contributed by atoms with E-state index in [0.717, 1.165) is 11.4 Å². The highest BCUT2D eigenvalue weighted by Gasteiger charge is 2.26. The van der Waals surface area contributed by atoms with Crippen LogP contribution >= 0.6 is 0 Å². The van der Waals surface area contributed by atoms with E-state index in [1.54, 1.807) is 0 Å². The van der Waals surface area contributed by atoms with Gasteiger partial charge in [-0.25, -0.2) is 0 Å². The summed E-state index contributed by atoms with van der Waals surface area (Å²) in [5.41, 5.74) is 0.943. The van der Waals surface area contributed by atoms with Gasteiger partial charge in [-0.15, -0.1) is 0 Å². The fraction of sp³-hybridized carbons (Fsp3) is 0.462. The third-order valence-corrected chi connectivity index (χ3v) is 3.33. The van der Waals surface area contributed by atoms with Crippen LogP contribution in [0.3, 0.4) is 0 Å². The maximum Gasteiger partial charge on any atom is 0.305 e. The van der Waals surface area contributed by atoms with Gasteiger partial charge in [0.15, 0.2) is 11.5 Å². The lowest BCUT2D eigenvalue weighted by atomic mass is 10.1. The van der Waals surface area contributed by atoms with Gasteiger partial charge in [0.05, 0.1) is 25.7 Å². The number of nitrogens with zero attached hydrogens (tertiary/aromatic N) is 1. The average molecular weight is 265 g/mol. The van der Waals surface area contributed by atoms with E-state index in [2.05, 4.69) is 4.90 Å². The van der Waals surface area contributed by atoms with Gasteiger partial charge in [0.25, 0.3) is 0 Å². The van der Waals surface area contributed by atoms with E-state index >= 15 is 0 Å². The molecule has 0 amide bonds. The van der Waals surface area contributed by atoms with Crippen LogP contribution in [-0.4, -0.2) is 43.7 Å². The molecule has 0 spiro atoms. The van der Waals surface area contributed by atoms with Crippen LogP contribution in [0.25, 0.3) is 0 Å². The zero-order valence-electron chi connectivity index (χ0n) is 10.4. The maximum absolute atomic E-state index is 10.9. The molecule has 0 radical (unpaired) electrons. The molecule has 2 aliphatic rings. The summed E-state index contributed by atoms with van der Waals surface area (Å²) in [6.07, 6.45) is 0.0639. The molecule has 1 aromatic rings. The molecule has 2 heterocycles. The minimum absolute atomic E-state index is 0.0639. The van der Waals surface area contributed by atoms with Gasteiger partial charge < -0.3 is 24.2 Å². The first kappa shape index (κ1) is 12.1. The van der Waals surface area contributed by atoms with Crippen molar-refractivity contribution in [2.24, 2.45) is 0 Å². The Kier molecular flexibility index (Phi) is 3.16. The molecule has 6 heteroatoms. The summed E-state index contributed by atoms with van der Waals surface area (Å²) in [5.74, 6) is 0.617. The first-order valence-electron chi connectivity index (χ1n) is 6.20. The number of carboxylic acids is 1. The maximum atomic E-state index is 10.9. The summed E-state index contributed by atoms with van der Waals surface area (Å²) in [6, 6.07) is 5.52. The average Bonchev–Trinajstić information content (AvgIpc) is 2.86. The standard InChI is InChI=1S/C13H15NO5/c15-13(16)6-10-7-17-4-3-14(10)9-1-2-11-12(5-9)19-8-18-11/h1-2,5,10H,3-4,6-8H2,(H,15,16). The van der Waals surface area contributed by atoms with Gasteiger partial charge in [-0.2, -0.15) is 0 Å². The number of morpholine rings is 1. The minimum atomic E-state index is -0.818. The van der Waals surface area contributed by atoms with Crippen molar-refractivity contribution in [1.82, 2.24) is 0 Å². The number of anilines is 1. The number of rotatable bonds is 3. The monoisotopic (exact) mass is 265 g/mol. The van der Waals surface area contributed by atoms with Crippen molar-refractivity contribution in [2.45, 2.75) is 12.5 Å². The fourth-order valence-corrected chi connectivity index (χ4v) is 2.43. The first-order chi connectivity index (χ1) is 9.24. The van der Waals surface area contributed by atoms with E-state index < -0.39 is 5.97 Å². The van der Waals surface area contributed by atoms with Crippen LogP contribution in [0, 0.1) is 0 Å². The van der Waals surface area contributed by atoms with Crippen LogP contribution in [0.15, 0.2) is 18.2 Å². The molecule has 19 heavy (non-hydrogen) atoms. The number of carbonyl (C=O) groups is 1. The highest BCUT2D eigenvalue weighted by atomic mass is 16.7. The topological polar surface area (TPSA) is 68.2 Å². The summed E-state index contributed by atoms with van der Waals surface area (Å²) >= 11 is 0. The van der Waals surface area contributed by atoms with Crippen molar-refractivity contribution in [3.05, 3.63) is 18.2 Å². The number of aliphatic carboxylic acids is 1. The van der Waals surface area contributed by atoms with E-state index in [0.29, 0.717) is 25.5 Å². The normalized spacial score (nSPS) is 21.5. The zero-order chi connectivity index (χ0) is 13.2. The molecule has 2 aliphatic heterocycles. The van der Waals surface area contributed by atoms with Crippen LogP contribution in [-0.2, 0) is 9.53 Å². The number of hydrogen-bond acceptors (Lipinski definition) is 5. The highest BCUT2D eigenvalue weighted by molar-refractivity contribution is 5.69. The Morgan fingerprint density at radius 3 is 3.05 bits per heavy atom. The molecule has 0 saturated carbocycles. The van der Waals surface area contributed by atoms with E-state index in [9.17, 15) is 4.79 Å². The highest BCUT2D eigenvalue weighted by Crippen LogP contribution is 2.36. The van der Waals surface area contributed by atoms with Crippen LogP contribution in [0.1, 0.15) is 6.42 Å². The molecule has 3 rings (SSSR count). The minimum Gasteiger partial charge on any atom is -0.481 e. The van der Waals surface area contributed by atoms with Crippen molar-refractivity contribution in [3.63, 3.8) is 0 Å². The predicted molar refractivity (Wildman–Crippen MR) is 66.8 cm³/mol. The molecule has 0 bridgehead atoms. The van der Waals surface area contributed by atoms with Crippen molar-refractivity contribution in [1.29, 1.82) is 0 Å². The first-order valence-corrected chi connectivity index (χ1v) is 6.20. The van der Waals surface area contributed by atoms with Gasteiger partial charge in [-0.05, 0) is 12.1 Å². The molecular weight excluding hydrogens is 250 g/mol. The summed E-state index contributed by atoms with van der Waals surface area (Å²) in [5, 5.41) is 8.96. The van der Waals surface area contributed by atoms with Crippen molar-refractivity contribution in [3.8, 4) is 11.5 Å². The molecule has 1 atom stereocenters. The molecule has 1 saturated heterocycles. The van der Waals surface area contributed by atoms with Gasteiger partial charge >= 0.3 is 5.97 Å². The van der Waals surface area contributed by atoms with Crippen LogP contribution in [0.5, 0.6) is 11.5 Å². The number of ether oxygens (including phenoxy) is 3. The number of carboxylic acid groups (broad SMARTS) is 1. The lowest BCUT2D eigenvalue weighted by Crippen LogP contribution is -2.46. The Hall–Kier alpha value is -1.95. The van der Waals surface area contributed by atoms with Crippen LogP contribution < -0.4 is 14.4 Å². The van der Waals surface area contributed by atoms with E-state index in [-0.39, 0.29) is 19.3 Å². The molecule has 0 aromatic heterocycles. The van der Waals surface area contributed by atoms with Crippen LogP contribution in [0.2, 0.25) is 0 Å². The second-order valence-electron chi connectivity index (χ2n) is 4.56. The van der Waals surface area contributed by atoms with Gasteiger partial charge in [0.1, 0.15) is 0 Å². The number of benzene rings is 1. The summed E-state index contributed by atoms with van der Waals surface area (Å²) in [6.45, 7) is 1.95. The number of fused-ring (bicyclic) bond motifs is 1. The molecule has 1 N–H and O–H groups in total. The van der Waals surface area contributed by atoms with Crippen molar-refractivity contribution < 1.29 is 24.1 Å². The van der Waals surface area contributed by atoms with Gasteiger partial charge in [-0.1, -0.05) is 0 Å². The lowest BCUT2D eigenvalue weighted by Gasteiger charge is -2.36. The van der Waals surface area contributed by atoms with Gasteiger partial charge in [0.2, 0.25) is 6.79 Å². The third-order valence-electron chi connectivity index (χ3n) is 3.33. The molecular formula is C13H15NO5. The van der Waals surface area contributed by atoms with E-state index in [4.69, 9.17) is 19.3 Å². The molecule has 1 aromatic carbocycles. The fourth-order valence-electron chi connectivity index (χ4n) is 2.43. The van der Waals surface area contributed by atoms with Crippen molar-refractivity contribution in [2.75, 3.05) is 31.5 Å². The third kappa shape index (κ3) is 2.44. The predicted octanol–water partition coefficient (Wildman–Crippen LogP) is 1.10. The Balaban J connectivity index is 1.83. The molecule has 102 valence electrons. The van der Waals surface area contributed by atoms with Crippen LogP contribution in [0.4, 0.5) is 5.69 Å². The van der Waals surface area contributed by atoms with Crippen molar-refractivity contribution >= 4 is 11.7 Å². The molecule has 1 unspecified atom stereocenters. The summed E-state index contributed by atoms with van der Waals surface area (Å²) < 4.78 is 16.0. The second kappa shape index (κ2) is 4.97. The zero-order valence-corrected chi connectivity index (χ0v) is 10.4. The quantitative estimate of drug-likeness (QED) is 0.882. The second-order valence-corrected chi connectivity index (χ2v) is 4.56. The Morgan fingerprint density at radius 2 is 2.21 bits per heavy atom. The SMILES string of the molecule is O=C(O)CC1COCCN1c1ccc2c(c1)OCO2. The molecule has 6 nitrogen and oxygen atoms in total. The molecule has 1 fully saturated rings. The largest absolute Gasteiger partial charge is 0.481 e. The smallest absolute Gasteiger partial charge is 0.305 e. The summed E-state index contributed by atoms with van der Waals surface area (Å²) in [7, 11) is 0. The van der Waals surface area contributed by atoms with Gasteiger partial charge in [0, 0.05) is 18.3 Å².